The molecule has 9 aromatic carbocycles. The van der Waals surface area contributed by atoms with Crippen LogP contribution in [-0.2, 0) is 0 Å². The fourth-order valence-corrected chi connectivity index (χ4v) is 9.23. The number of carbonyl (C=O) groups excluding carboxylic acids is 4. The van der Waals surface area contributed by atoms with Crippen molar-refractivity contribution in [3.05, 3.63) is 241 Å². The SMILES string of the molecule is O=C(C(=O)c1ccc(-c2c3c4ccccc4n(-c4ccccc4)c3c(-c3ccc(C(=O)C(=O)c4ccccc4)cc3)c3c4ccccc4n(-c4ccccc4)c23)cc1)c1ccccc1. The lowest BCUT2D eigenvalue weighted by Gasteiger charge is -2.18. The Labute approximate surface area is 367 Å². The van der Waals surface area contributed by atoms with Crippen LogP contribution in [0.15, 0.2) is 218 Å². The van der Waals surface area contributed by atoms with E-state index < -0.39 is 23.1 Å². The van der Waals surface area contributed by atoms with Gasteiger partial charge in [0.25, 0.3) is 0 Å². The van der Waals surface area contributed by atoms with Crippen LogP contribution in [0.5, 0.6) is 0 Å². The minimum absolute atomic E-state index is 0.303. The van der Waals surface area contributed by atoms with E-state index in [-0.39, 0.29) is 0 Å². The Hall–Kier alpha value is -8.74. The summed E-state index contributed by atoms with van der Waals surface area (Å²) in [6, 6.07) is 69.4. The van der Waals surface area contributed by atoms with Gasteiger partial charge >= 0.3 is 0 Å². The van der Waals surface area contributed by atoms with Gasteiger partial charge in [-0.25, -0.2) is 0 Å². The molecule has 0 saturated heterocycles. The van der Waals surface area contributed by atoms with Crippen LogP contribution in [0.1, 0.15) is 41.4 Å². The third-order valence-corrected chi connectivity index (χ3v) is 12.1. The third kappa shape index (κ3) is 6.19. The summed E-state index contributed by atoms with van der Waals surface area (Å²) < 4.78 is 4.62. The molecule has 0 N–H and O–H groups in total. The van der Waals surface area contributed by atoms with Gasteiger partial charge in [0.2, 0.25) is 23.1 Å². The third-order valence-electron chi connectivity index (χ3n) is 12.1. The lowest BCUT2D eigenvalue weighted by molar-refractivity contribution is 0.0817. The molecule has 64 heavy (non-hydrogen) atoms. The topological polar surface area (TPSA) is 78.1 Å². The molecule has 0 amide bonds. The van der Waals surface area contributed by atoms with Crippen LogP contribution in [0.2, 0.25) is 0 Å². The van der Waals surface area contributed by atoms with Crippen LogP contribution in [0.3, 0.4) is 0 Å². The lowest BCUT2D eigenvalue weighted by atomic mass is 9.88. The molecule has 6 nitrogen and oxygen atoms in total. The number of para-hydroxylation sites is 4. The molecule has 2 aromatic heterocycles. The van der Waals surface area contributed by atoms with Crippen LogP contribution in [0, 0.1) is 0 Å². The van der Waals surface area contributed by atoms with Gasteiger partial charge in [-0.2, -0.15) is 0 Å². The molecule has 0 saturated carbocycles. The summed E-state index contributed by atoms with van der Waals surface area (Å²) in [7, 11) is 0. The summed E-state index contributed by atoms with van der Waals surface area (Å²) in [6.07, 6.45) is 0. The predicted octanol–water partition coefficient (Wildman–Crippen LogP) is 13.3. The number of ketones is 4. The average molecular weight is 825 g/mol. The Bertz CT molecular complexity index is 3380. The number of hydrogen-bond donors (Lipinski definition) is 0. The first-order valence-electron chi connectivity index (χ1n) is 21.1. The van der Waals surface area contributed by atoms with Gasteiger partial charge < -0.3 is 9.13 Å². The summed E-state index contributed by atoms with van der Waals surface area (Å²) in [5, 5.41) is 4.01. The minimum Gasteiger partial charge on any atom is -0.309 e. The van der Waals surface area contributed by atoms with Crippen LogP contribution in [0.25, 0.3) is 77.2 Å². The molecule has 11 aromatic rings. The highest BCUT2D eigenvalue weighted by Gasteiger charge is 2.29. The molecule has 6 heteroatoms. The van der Waals surface area contributed by atoms with E-state index in [2.05, 4.69) is 69.8 Å². The Morgan fingerprint density at radius 1 is 0.281 bits per heavy atom. The highest BCUT2D eigenvalue weighted by molar-refractivity contribution is 6.50. The first kappa shape index (κ1) is 38.2. The van der Waals surface area contributed by atoms with E-state index in [0.29, 0.717) is 22.3 Å². The van der Waals surface area contributed by atoms with Crippen LogP contribution in [-0.4, -0.2) is 32.3 Å². The van der Waals surface area contributed by atoms with Crippen molar-refractivity contribution in [2.24, 2.45) is 0 Å². The van der Waals surface area contributed by atoms with Gasteiger partial charge in [0.15, 0.2) is 0 Å². The summed E-state index contributed by atoms with van der Waals surface area (Å²) in [6.45, 7) is 0. The number of Topliss-reactive ketones (excluding diaryl/α,β-unsaturated/α-hetero) is 4. The van der Waals surface area contributed by atoms with Crippen molar-refractivity contribution in [2.75, 3.05) is 0 Å². The first-order valence-corrected chi connectivity index (χ1v) is 21.1. The predicted molar refractivity (Wildman–Crippen MR) is 256 cm³/mol. The van der Waals surface area contributed by atoms with E-state index in [4.69, 9.17) is 0 Å². The zero-order chi connectivity index (χ0) is 43.3. The van der Waals surface area contributed by atoms with Gasteiger partial charge in [-0.1, -0.05) is 182 Å². The molecular weight excluding hydrogens is 789 g/mol. The van der Waals surface area contributed by atoms with E-state index in [9.17, 15) is 19.2 Å². The second-order valence-corrected chi connectivity index (χ2v) is 15.8. The maximum atomic E-state index is 13.7. The smallest absolute Gasteiger partial charge is 0.233 e. The van der Waals surface area contributed by atoms with Crippen molar-refractivity contribution in [1.82, 2.24) is 9.13 Å². The van der Waals surface area contributed by atoms with Crippen LogP contribution >= 0.6 is 0 Å². The molecule has 11 rings (SSSR count). The van der Waals surface area contributed by atoms with E-state index >= 15 is 0 Å². The molecule has 0 bridgehead atoms. The monoisotopic (exact) mass is 824 g/mol. The lowest BCUT2D eigenvalue weighted by Crippen LogP contribution is -2.14. The number of hydrogen-bond acceptors (Lipinski definition) is 4. The highest BCUT2D eigenvalue weighted by atomic mass is 16.2. The van der Waals surface area contributed by atoms with Crippen molar-refractivity contribution in [3.63, 3.8) is 0 Å². The zero-order valence-electron chi connectivity index (χ0n) is 34.3. The number of benzene rings is 9. The molecule has 0 unspecified atom stereocenters. The molecule has 0 atom stereocenters. The first-order chi connectivity index (χ1) is 31.5. The maximum absolute atomic E-state index is 13.7. The van der Waals surface area contributed by atoms with E-state index in [0.717, 1.165) is 77.2 Å². The van der Waals surface area contributed by atoms with Crippen molar-refractivity contribution in [2.45, 2.75) is 0 Å². The maximum Gasteiger partial charge on any atom is 0.233 e. The number of nitrogens with zero attached hydrogens (tertiary/aromatic N) is 2. The van der Waals surface area contributed by atoms with Crippen molar-refractivity contribution in [3.8, 4) is 33.6 Å². The van der Waals surface area contributed by atoms with Crippen LogP contribution in [0.4, 0.5) is 0 Å². The summed E-state index contributed by atoms with van der Waals surface area (Å²) >= 11 is 0. The van der Waals surface area contributed by atoms with Gasteiger partial charge in [-0.05, 0) is 47.5 Å². The molecule has 0 aliphatic heterocycles. The number of fused-ring (bicyclic) bond motifs is 6. The van der Waals surface area contributed by atoms with E-state index in [1.165, 1.54) is 0 Å². The van der Waals surface area contributed by atoms with Gasteiger partial charge in [0.05, 0.1) is 22.1 Å². The second-order valence-electron chi connectivity index (χ2n) is 15.8. The molecule has 0 aliphatic rings. The summed E-state index contributed by atoms with van der Waals surface area (Å²) in [5.74, 6) is -2.27. The molecule has 2 heterocycles. The summed E-state index contributed by atoms with van der Waals surface area (Å²) in [4.78, 5) is 54.1. The second kappa shape index (κ2) is 15.6. The number of carbonyl (C=O) groups is 4. The molecular formula is C58H36N2O4. The largest absolute Gasteiger partial charge is 0.309 e. The normalized spacial score (nSPS) is 11.4. The van der Waals surface area contributed by atoms with Gasteiger partial charge in [0.1, 0.15) is 0 Å². The van der Waals surface area contributed by atoms with E-state index in [1.54, 1.807) is 72.8 Å². The van der Waals surface area contributed by atoms with Gasteiger partial charge in [0, 0.05) is 66.3 Å². The van der Waals surface area contributed by atoms with Crippen molar-refractivity contribution < 1.29 is 19.2 Å². The Morgan fingerprint density at radius 3 is 0.906 bits per heavy atom. The Balaban J connectivity index is 1.26. The fourth-order valence-electron chi connectivity index (χ4n) is 9.23. The average Bonchev–Trinajstić information content (AvgIpc) is 3.89. The quantitative estimate of drug-likeness (QED) is 0.102. The molecule has 0 fully saturated rings. The van der Waals surface area contributed by atoms with Crippen molar-refractivity contribution >= 4 is 66.7 Å². The molecule has 0 spiro atoms. The van der Waals surface area contributed by atoms with Gasteiger partial charge in [-0.15, -0.1) is 0 Å². The number of aromatic nitrogens is 2. The van der Waals surface area contributed by atoms with Crippen molar-refractivity contribution in [1.29, 1.82) is 0 Å². The van der Waals surface area contributed by atoms with Crippen LogP contribution < -0.4 is 0 Å². The van der Waals surface area contributed by atoms with E-state index in [1.807, 2.05) is 84.9 Å². The number of rotatable bonds is 10. The molecule has 0 aliphatic carbocycles. The zero-order valence-corrected chi connectivity index (χ0v) is 34.3. The Morgan fingerprint density at radius 2 is 0.562 bits per heavy atom. The molecule has 302 valence electrons. The fraction of sp³-hybridized carbons (Fsp3) is 0. The van der Waals surface area contributed by atoms with Gasteiger partial charge in [-0.3, -0.25) is 19.2 Å². The standard InChI is InChI=1S/C58H36N2O4/c61-55(39-17-5-1-6-18-39)57(63)41-33-29-37(30-34-41)49-51-45-25-13-15-27-47(45)60(44-23-11-4-12-24-44)54(51)50(38-31-35-42(36-32-38)58(64)56(62)40-19-7-2-8-20-40)52-46-26-14-16-28-48(46)59(53(49)52)43-21-9-3-10-22-43/h1-36H. The molecule has 0 radical (unpaired) electrons. The summed E-state index contributed by atoms with van der Waals surface area (Å²) in [5.41, 5.74) is 10.7. The minimum atomic E-state index is -0.574. The highest BCUT2D eigenvalue weighted by Crippen LogP contribution is 2.52. The Kier molecular flexibility index (Phi) is 9.32.